The maximum Gasteiger partial charge on any atom is 0.00651 e. The highest BCUT2D eigenvalue weighted by Gasteiger charge is 2.65. The summed E-state index contributed by atoms with van der Waals surface area (Å²) in [6, 6.07) is 0. The van der Waals surface area contributed by atoms with Gasteiger partial charge in [0.25, 0.3) is 0 Å². The summed E-state index contributed by atoms with van der Waals surface area (Å²) in [5.74, 6) is 0.984. The molecule has 0 radical (unpaired) electrons. The van der Waals surface area contributed by atoms with Crippen LogP contribution in [-0.2, 0) is 0 Å². The van der Waals surface area contributed by atoms with Gasteiger partial charge in [0, 0.05) is 5.33 Å². The van der Waals surface area contributed by atoms with Crippen molar-refractivity contribution in [3.05, 3.63) is 0 Å². The van der Waals surface area contributed by atoms with Gasteiger partial charge in [-0.3, -0.25) is 0 Å². The second kappa shape index (κ2) is 2.25. The Kier molecular flexibility index (Phi) is 1.65. The molecule has 2 fully saturated rings. The van der Waals surface area contributed by atoms with Crippen LogP contribution in [0.5, 0.6) is 0 Å². The lowest BCUT2D eigenvalue weighted by molar-refractivity contribution is 0.313. The molecule has 0 aliphatic heterocycles. The van der Waals surface area contributed by atoms with Crippen molar-refractivity contribution >= 4 is 15.9 Å². The summed E-state index contributed by atoms with van der Waals surface area (Å²) in [4.78, 5) is 0. The molecule has 2 aliphatic rings. The van der Waals surface area contributed by atoms with Crippen LogP contribution in [0.2, 0.25) is 0 Å². The Morgan fingerprint density at radius 2 is 2.09 bits per heavy atom. The molecule has 0 aromatic heterocycles. The molecule has 2 unspecified atom stereocenters. The van der Waals surface area contributed by atoms with Gasteiger partial charge in [-0.15, -0.1) is 0 Å². The van der Waals surface area contributed by atoms with Crippen LogP contribution in [0.25, 0.3) is 0 Å². The normalized spacial score (nSPS) is 46.6. The first-order valence-electron chi connectivity index (χ1n) is 4.68. The van der Waals surface area contributed by atoms with Gasteiger partial charge in [-0.1, -0.05) is 36.2 Å². The number of hydrogen-bond acceptors (Lipinski definition) is 0. The maximum absolute atomic E-state index is 3.64. The van der Waals surface area contributed by atoms with Crippen molar-refractivity contribution < 1.29 is 0 Å². The van der Waals surface area contributed by atoms with E-state index in [9.17, 15) is 0 Å². The molecule has 2 saturated carbocycles. The van der Waals surface area contributed by atoms with Gasteiger partial charge in [0.2, 0.25) is 0 Å². The Labute approximate surface area is 77.9 Å². The van der Waals surface area contributed by atoms with Gasteiger partial charge >= 0.3 is 0 Å². The van der Waals surface area contributed by atoms with Gasteiger partial charge in [0.05, 0.1) is 0 Å². The third-order valence-electron chi connectivity index (χ3n) is 4.12. The van der Waals surface area contributed by atoms with Gasteiger partial charge in [-0.05, 0) is 36.0 Å². The van der Waals surface area contributed by atoms with Crippen LogP contribution in [0.3, 0.4) is 0 Å². The molecule has 0 aromatic carbocycles. The van der Waals surface area contributed by atoms with E-state index in [1.165, 1.54) is 31.0 Å². The van der Waals surface area contributed by atoms with Gasteiger partial charge in [-0.2, -0.15) is 0 Å². The van der Waals surface area contributed by atoms with Crippen molar-refractivity contribution in [3.8, 4) is 0 Å². The fourth-order valence-corrected chi connectivity index (χ4v) is 4.18. The SMILES string of the molecule is CC1(C)CC12CCCC2CBr. The predicted molar refractivity (Wildman–Crippen MR) is 52.0 cm³/mol. The standard InChI is InChI=1S/C10H17Br/c1-9(2)7-10(9)5-3-4-8(10)6-11/h8H,3-7H2,1-2H3. The molecule has 0 bridgehead atoms. The molecule has 0 amide bonds. The Morgan fingerprint density at radius 1 is 1.45 bits per heavy atom. The first-order valence-corrected chi connectivity index (χ1v) is 5.80. The number of alkyl halides is 1. The largest absolute Gasteiger partial charge is 0.0925 e. The minimum Gasteiger partial charge on any atom is -0.0925 e. The predicted octanol–water partition coefficient (Wildman–Crippen LogP) is 3.60. The molecule has 2 aliphatic carbocycles. The van der Waals surface area contributed by atoms with E-state index in [-0.39, 0.29) is 0 Å². The van der Waals surface area contributed by atoms with E-state index in [0.717, 1.165) is 11.3 Å². The molecule has 11 heavy (non-hydrogen) atoms. The van der Waals surface area contributed by atoms with Crippen molar-refractivity contribution in [1.82, 2.24) is 0 Å². The summed E-state index contributed by atoms with van der Waals surface area (Å²) in [6.45, 7) is 4.88. The second-order valence-electron chi connectivity index (χ2n) is 4.96. The van der Waals surface area contributed by atoms with E-state index >= 15 is 0 Å². The van der Waals surface area contributed by atoms with Crippen LogP contribution in [0.1, 0.15) is 39.5 Å². The summed E-state index contributed by atoms with van der Waals surface area (Å²) in [6.07, 6.45) is 5.92. The monoisotopic (exact) mass is 216 g/mol. The van der Waals surface area contributed by atoms with E-state index in [1.807, 2.05) is 0 Å². The van der Waals surface area contributed by atoms with Crippen LogP contribution < -0.4 is 0 Å². The van der Waals surface area contributed by atoms with Crippen molar-refractivity contribution in [2.45, 2.75) is 39.5 Å². The molecule has 1 spiro atoms. The van der Waals surface area contributed by atoms with Crippen molar-refractivity contribution in [1.29, 1.82) is 0 Å². The van der Waals surface area contributed by atoms with Crippen LogP contribution in [-0.4, -0.2) is 5.33 Å². The summed E-state index contributed by atoms with van der Waals surface area (Å²) in [5, 5.41) is 1.23. The van der Waals surface area contributed by atoms with Gasteiger partial charge < -0.3 is 0 Å². The van der Waals surface area contributed by atoms with Crippen LogP contribution in [0.4, 0.5) is 0 Å². The molecule has 0 N–H and O–H groups in total. The maximum atomic E-state index is 3.64. The average molecular weight is 217 g/mol. The van der Waals surface area contributed by atoms with E-state index in [1.54, 1.807) is 0 Å². The first-order chi connectivity index (χ1) is 5.12. The highest BCUT2D eigenvalue weighted by molar-refractivity contribution is 9.09. The lowest BCUT2D eigenvalue weighted by Crippen LogP contribution is -2.15. The van der Waals surface area contributed by atoms with E-state index < -0.39 is 0 Å². The molecule has 0 saturated heterocycles. The Hall–Kier alpha value is 0.480. The minimum atomic E-state index is 0.669. The lowest BCUT2D eigenvalue weighted by Gasteiger charge is -2.20. The van der Waals surface area contributed by atoms with Gasteiger partial charge in [-0.25, -0.2) is 0 Å². The molecule has 0 aromatic rings. The summed E-state index contributed by atoms with van der Waals surface area (Å²) < 4.78 is 0. The molecule has 2 rings (SSSR count). The van der Waals surface area contributed by atoms with Gasteiger partial charge in [0.15, 0.2) is 0 Å². The molecular weight excluding hydrogens is 200 g/mol. The number of rotatable bonds is 1. The van der Waals surface area contributed by atoms with E-state index in [2.05, 4.69) is 29.8 Å². The molecule has 1 heteroatoms. The average Bonchev–Trinajstić information content (AvgIpc) is 2.38. The smallest absolute Gasteiger partial charge is 0.00651 e. The summed E-state index contributed by atoms with van der Waals surface area (Å²) in [5.41, 5.74) is 1.43. The van der Waals surface area contributed by atoms with Crippen LogP contribution in [0, 0.1) is 16.7 Å². The zero-order chi connectivity index (χ0) is 8.11. The fourth-order valence-electron chi connectivity index (χ4n) is 3.24. The molecular formula is C10H17Br. The topological polar surface area (TPSA) is 0 Å². The summed E-state index contributed by atoms with van der Waals surface area (Å²) in [7, 11) is 0. The van der Waals surface area contributed by atoms with Crippen molar-refractivity contribution in [2.75, 3.05) is 5.33 Å². The van der Waals surface area contributed by atoms with Crippen LogP contribution in [0.15, 0.2) is 0 Å². The molecule has 0 heterocycles. The number of hydrogen-bond donors (Lipinski definition) is 0. The lowest BCUT2D eigenvalue weighted by atomic mass is 9.87. The van der Waals surface area contributed by atoms with Crippen molar-refractivity contribution in [2.24, 2.45) is 16.7 Å². The van der Waals surface area contributed by atoms with Gasteiger partial charge in [0.1, 0.15) is 0 Å². The summed E-state index contributed by atoms with van der Waals surface area (Å²) >= 11 is 3.64. The molecule has 0 nitrogen and oxygen atoms in total. The Bertz CT molecular complexity index is 170. The van der Waals surface area contributed by atoms with Crippen molar-refractivity contribution in [3.63, 3.8) is 0 Å². The van der Waals surface area contributed by atoms with Crippen LogP contribution >= 0.6 is 15.9 Å². The first kappa shape index (κ1) is 8.10. The minimum absolute atomic E-state index is 0.669. The Balaban J connectivity index is 2.15. The Morgan fingerprint density at radius 3 is 2.45 bits per heavy atom. The third-order valence-corrected chi connectivity index (χ3v) is 4.91. The second-order valence-corrected chi connectivity index (χ2v) is 5.61. The fraction of sp³-hybridized carbons (Fsp3) is 1.00. The van der Waals surface area contributed by atoms with E-state index in [0.29, 0.717) is 5.41 Å². The van der Waals surface area contributed by atoms with E-state index in [4.69, 9.17) is 0 Å². The highest BCUT2D eigenvalue weighted by Crippen LogP contribution is 2.73. The zero-order valence-electron chi connectivity index (χ0n) is 7.49. The molecule has 2 atom stereocenters. The number of halogens is 1. The molecule has 64 valence electrons. The third kappa shape index (κ3) is 0.929. The zero-order valence-corrected chi connectivity index (χ0v) is 9.08. The highest BCUT2D eigenvalue weighted by atomic mass is 79.9. The quantitative estimate of drug-likeness (QED) is 0.588.